The fourth-order valence-corrected chi connectivity index (χ4v) is 5.02. The van der Waals surface area contributed by atoms with Gasteiger partial charge in [-0.1, -0.05) is 6.07 Å². The summed E-state index contributed by atoms with van der Waals surface area (Å²) in [7, 11) is -3.78. The number of carbonyl (C=O) groups excluding carboxylic acids is 1. The molecule has 0 spiro atoms. The minimum Gasteiger partial charge on any atom is -0.380 e. The average molecular weight is 371 g/mol. The quantitative estimate of drug-likeness (QED) is 0.798. The molecular formula is C15H21N3O4S2. The summed E-state index contributed by atoms with van der Waals surface area (Å²) < 4.78 is 28.3. The van der Waals surface area contributed by atoms with Crippen LogP contribution in [0.25, 0.3) is 0 Å². The number of amides is 1. The second-order valence-corrected chi connectivity index (χ2v) is 8.84. The maximum Gasteiger partial charge on any atom is 0.238 e. The van der Waals surface area contributed by atoms with Gasteiger partial charge in [-0.2, -0.15) is 11.8 Å². The first-order valence-electron chi connectivity index (χ1n) is 7.79. The highest BCUT2D eigenvalue weighted by molar-refractivity contribution is 8.00. The number of thioether (sulfide) groups is 1. The Kier molecular flexibility index (Phi) is 5.46. The van der Waals surface area contributed by atoms with E-state index in [-0.39, 0.29) is 10.8 Å². The first kappa shape index (κ1) is 17.7. The van der Waals surface area contributed by atoms with E-state index in [1.807, 2.05) is 11.8 Å². The molecule has 2 saturated heterocycles. The maximum atomic E-state index is 12.3. The van der Waals surface area contributed by atoms with Crippen LogP contribution in [0, 0.1) is 0 Å². The fourth-order valence-electron chi connectivity index (χ4n) is 3.10. The number of hydrogen-bond donors (Lipinski definition) is 2. The summed E-state index contributed by atoms with van der Waals surface area (Å²) >= 11 is 1.91. The minimum atomic E-state index is -3.78. The molecule has 0 radical (unpaired) electrons. The first-order chi connectivity index (χ1) is 11.4. The fraction of sp³-hybridized carbons (Fsp3) is 0.533. The summed E-state index contributed by atoms with van der Waals surface area (Å²) in [5.41, 5.74) is 0.432. The van der Waals surface area contributed by atoms with Crippen LogP contribution in [0.2, 0.25) is 0 Å². The molecule has 24 heavy (non-hydrogen) atoms. The van der Waals surface area contributed by atoms with Crippen LogP contribution < -0.4 is 10.5 Å². The van der Waals surface area contributed by atoms with E-state index in [4.69, 9.17) is 9.88 Å². The first-order valence-corrected chi connectivity index (χ1v) is 10.4. The van der Waals surface area contributed by atoms with Gasteiger partial charge in [-0.3, -0.25) is 9.69 Å². The molecule has 132 valence electrons. The lowest BCUT2D eigenvalue weighted by Gasteiger charge is -2.43. The Balaban J connectivity index is 1.63. The third kappa shape index (κ3) is 4.28. The Morgan fingerprint density at radius 3 is 3.08 bits per heavy atom. The summed E-state index contributed by atoms with van der Waals surface area (Å²) in [4.78, 5) is 14.5. The molecule has 1 aromatic carbocycles. The van der Waals surface area contributed by atoms with Crippen molar-refractivity contribution < 1.29 is 17.9 Å². The molecule has 0 aromatic heterocycles. The number of primary sulfonamides is 1. The predicted molar refractivity (Wildman–Crippen MR) is 93.5 cm³/mol. The molecule has 3 N–H and O–H groups in total. The summed E-state index contributed by atoms with van der Waals surface area (Å²) in [6, 6.07) is 6.34. The van der Waals surface area contributed by atoms with Crippen molar-refractivity contribution in [1.29, 1.82) is 0 Å². The highest BCUT2D eigenvalue weighted by Crippen LogP contribution is 2.30. The number of nitrogens with two attached hydrogens (primary N) is 1. The lowest BCUT2D eigenvalue weighted by atomic mass is 10.1. The van der Waals surface area contributed by atoms with E-state index in [0.717, 1.165) is 31.9 Å². The van der Waals surface area contributed by atoms with E-state index in [1.54, 1.807) is 12.1 Å². The normalized spacial score (nSPS) is 25.0. The number of anilines is 1. The van der Waals surface area contributed by atoms with Crippen molar-refractivity contribution >= 4 is 33.4 Å². The molecule has 0 bridgehead atoms. The third-order valence-electron chi connectivity index (χ3n) is 4.24. The Labute approximate surface area is 146 Å². The summed E-state index contributed by atoms with van der Waals surface area (Å²) in [6.45, 7) is 2.64. The number of rotatable bonds is 4. The third-order valence-corrected chi connectivity index (χ3v) is 6.45. The highest BCUT2D eigenvalue weighted by atomic mass is 32.2. The van der Waals surface area contributed by atoms with Crippen molar-refractivity contribution in [2.75, 3.05) is 37.4 Å². The van der Waals surface area contributed by atoms with Crippen molar-refractivity contribution in [3.05, 3.63) is 24.3 Å². The summed E-state index contributed by atoms with van der Waals surface area (Å²) in [5.74, 6) is 0.831. The largest absolute Gasteiger partial charge is 0.380 e. The van der Waals surface area contributed by atoms with Gasteiger partial charge in [-0.05, 0) is 24.6 Å². The Morgan fingerprint density at radius 2 is 2.29 bits per heavy atom. The van der Waals surface area contributed by atoms with Crippen molar-refractivity contribution in [2.45, 2.75) is 22.6 Å². The number of benzene rings is 1. The second kappa shape index (κ2) is 7.40. The van der Waals surface area contributed by atoms with Crippen LogP contribution in [-0.2, 0) is 19.6 Å². The van der Waals surface area contributed by atoms with Crippen LogP contribution in [0.15, 0.2) is 29.2 Å². The zero-order chi connectivity index (χ0) is 17.2. The van der Waals surface area contributed by atoms with Gasteiger partial charge in [-0.15, -0.1) is 0 Å². The summed E-state index contributed by atoms with van der Waals surface area (Å²) in [6.07, 6.45) is 0.936. The van der Waals surface area contributed by atoms with Gasteiger partial charge in [-0.25, -0.2) is 13.6 Å². The van der Waals surface area contributed by atoms with E-state index in [1.165, 1.54) is 12.1 Å². The van der Waals surface area contributed by atoms with Gasteiger partial charge in [0, 0.05) is 35.9 Å². The van der Waals surface area contributed by atoms with Gasteiger partial charge in [0.2, 0.25) is 15.9 Å². The van der Waals surface area contributed by atoms with Gasteiger partial charge in [0.1, 0.15) is 0 Å². The monoisotopic (exact) mass is 371 g/mol. The molecule has 1 amide bonds. The molecule has 0 aliphatic carbocycles. The van der Waals surface area contributed by atoms with Gasteiger partial charge in [0.15, 0.2) is 0 Å². The lowest BCUT2D eigenvalue weighted by molar-refractivity contribution is -0.118. The zero-order valence-corrected chi connectivity index (χ0v) is 14.8. The lowest BCUT2D eigenvalue weighted by Crippen LogP contribution is -2.53. The number of hydrogen-bond acceptors (Lipinski definition) is 6. The van der Waals surface area contributed by atoms with E-state index in [2.05, 4.69) is 10.2 Å². The van der Waals surface area contributed by atoms with Crippen molar-refractivity contribution in [3.8, 4) is 0 Å². The number of sulfonamides is 1. The van der Waals surface area contributed by atoms with Crippen LogP contribution in [0.1, 0.15) is 6.42 Å². The van der Waals surface area contributed by atoms with Gasteiger partial charge >= 0.3 is 0 Å². The number of fused-ring (bicyclic) bond motifs is 1. The SMILES string of the molecule is NS(=O)(=O)c1cccc(NC(=O)CN2CCS[C@H]3COCC[C@H]32)c1. The molecule has 9 heteroatoms. The van der Waals surface area contributed by atoms with Crippen LogP contribution in [0.5, 0.6) is 0 Å². The van der Waals surface area contributed by atoms with E-state index < -0.39 is 10.0 Å². The minimum absolute atomic E-state index is 0.0147. The average Bonchev–Trinajstić information content (AvgIpc) is 2.54. The van der Waals surface area contributed by atoms with Crippen molar-refractivity contribution in [3.63, 3.8) is 0 Å². The topological polar surface area (TPSA) is 102 Å². The molecule has 2 aliphatic rings. The van der Waals surface area contributed by atoms with Crippen LogP contribution >= 0.6 is 11.8 Å². The Bertz CT molecular complexity index is 708. The molecule has 2 heterocycles. The smallest absolute Gasteiger partial charge is 0.238 e. The molecule has 7 nitrogen and oxygen atoms in total. The molecule has 2 atom stereocenters. The molecule has 2 aliphatic heterocycles. The highest BCUT2D eigenvalue weighted by Gasteiger charge is 2.35. The Hall–Kier alpha value is -1.13. The van der Waals surface area contributed by atoms with Gasteiger partial charge in [0.05, 0.1) is 18.0 Å². The van der Waals surface area contributed by atoms with Crippen LogP contribution in [0.3, 0.4) is 0 Å². The molecule has 3 rings (SSSR count). The molecule has 0 unspecified atom stereocenters. The molecular weight excluding hydrogens is 350 g/mol. The summed E-state index contributed by atoms with van der Waals surface area (Å²) in [5, 5.41) is 8.30. The molecule has 1 aromatic rings. The number of nitrogens with zero attached hydrogens (tertiary/aromatic N) is 1. The van der Waals surface area contributed by atoms with Gasteiger partial charge < -0.3 is 10.1 Å². The second-order valence-electron chi connectivity index (χ2n) is 5.93. The molecule has 0 saturated carbocycles. The zero-order valence-electron chi connectivity index (χ0n) is 13.2. The van der Waals surface area contributed by atoms with Gasteiger partial charge in [0.25, 0.3) is 0 Å². The Morgan fingerprint density at radius 1 is 1.46 bits per heavy atom. The number of ether oxygens (including phenoxy) is 1. The van der Waals surface area contributed by atoms with E-state index in [0.29, 0.717) is 23.5 Å². The van der Waals surface area contributed by atoms with E-state index >= 15 is 0 Å². The van der Waals surface area contributed by atoms with Crippen LogP contribution in [0.4, 0.5) is 5.69 Å². The van der Waals surface area contributed by atoms with E-state index in [9.17, 15) is 13.2 Å². The van der Waals surface area contributed by atoms with Crippen LogP contribution in [-0.4, -0.2) is 62.6 Å². The molecule has 2 fully saturated rings. The maximum absolute atomic E-state index is 12.3. The number of nitrogens with one attached hydrogen (secondary N) is 1. The predicted octanol–water partition coefficient (Wildman–Crippen LogP) is 0.479. The number of carbonyl (C=O) groups is 1. The van der Waals surface area contributed by atoms with Crippen molar-refractivity contribution in [2.24, 2.45) is 5.14 Å². The standard InChI is InChI=1S/C15H21N3O4S2/c16-24(20,21)12-3-1-2-11(8-12)17-15(19)9-18-5-7-23-14-10-22-6-4-13(14)18/h1-3,8,13-14H,4-7,9-10H2,(H,17,19)(H2,16,20,21)/t13-,14+/m1/s1. The van der Waals surface area contributed by atoms with Crippen molar-refractivity contribution in [1.82, 2.24) is 4.90 Å².